The lowest BCUT2D eigenvalue weighted by Gasteiger charge is -2.34. The number of aliphatic imine (C=N–C) groups is 1. The average molecular weight is 509 g/mol. The minimum absolute atomic E-state index is 0.235. The summed E-state index contributed by atoms with van der Waals surface area (Å²) >= 11 is 0. The Morgan fingerprint density at radius 3 is 2.51 bits per heavy atom. The Morgan fingerprint density at radius 1 is 1.16 bits per heavy atom. The fourth-order valence-corrected chi connectivity index (χ4v) is 4.80. The lowest BCUT2D eigenvalue weighted by molar-refractivity contribution is 0.0205. The number of likely N-dealkylation sites (tertiary alicyclic amines) is 1. The van der Waals surface area contributed by atoms with Gasteiger partial charge >= 0.3 is 6.09 Å². The summed E-state index contributed by atoms with van der Waals surface area (Å²) in [5.74, 6) is 2.65. The maximum Gasteiger partial charge on any atom is 0.410 e. The minimum atomic E-state index is -0.482. The van der Waals surface area contributed by atoms with Crippen LogP contribution in [0.25, 0.3) is 0 Å². The third-order valence-corrected chi connectivity index (χ3v) is 6.79. The van der Waals surface area contributed by atoms with Crippen molar-refractivity contribution in [3.05, 3.63) is 40.7 Å². The van der Waals surface area contributed by atoms with Gasteiger partial charge in [0.15, 0.2) is 5.82 Å². The number of rotatable bonds is 5. The number of carbonyl (C=O) groups excluding carboxylic acids is 1. The Bertz CT molecular complexity index is 1130. The zero-order chi connectivity index (χ0) is 26.6. The first-order valence-electron chi connectivity index (χ1n) is 13.3. The van der Waals surface area contributed by atoms with E-state index in [9.17, 15) is 4.79 Å². The molecular weight excluding hydrogens is 468 g/mol. The van der Waals surface area contributed by atoms with Gasteiger partial charge in [-0.25, -0.2) is 19.8 Å². The second-order valence-corrected chi connectivity index (χ2v) is 10.8. The summed E-state index contributed by atoms with van der Waals surface area (Å²) in [7, 11) is 0. The molecule has 37 heavy (non-hydrogen) atoms. The number of hydrogen-bond donors (Lipinski definition) is 1. The van der Waals surface area contributed by atoms with Gasteiger partial charge in [-0.2, -0.15) is 0 Å². The van der Waals surface area contributed by atoms with E-state index >= 15 is 0 Å². The van der Waals surface area contributed by atoms with E-state index in [2.05, 4.69) is 38.9 Å². The first-order valence-corrected chi connectivity index (χ1v) is 13.3. The van der Waals surface area contributed by atoms with Gasteiger partial charge in [0.1, 0.15) is 17.2 Å². The molecule has 0 aliphatic carbocycles. The molecule has 2 saturated heterocycles. The molecule has 2 fully saturated rings. The second kappa shape index (κ2) is 11.5. The van der Waals surface area contributed by atoms with Crippen molar-refractivity contribution in [2.75, 3.05) is 50.0 Å². The molecule has 9 nitrogen and oxygen atoms in total. The summed E-state index contributed by atoms with van der Waals surface area (Å²) in [4.78, 5) is 30.4. The third-order valence-electron chi connectivity index (χ3n) is 6.79. The molecule has 9 heteroatoms. The quantitative estimate of drug-likeness (QED) is 0.463. The fourth-order valence-electron chi connectivity index (χ4n) is 4.80. The minimum Gasteiger partial charge on any atom is -0.444 e. The van der Waals surface area contributed by atoms with Gasteiger partial charge in [-0.15, -0.1) is 0 Å². The Morgan fingerprint density at radius 2 is 1.86 bits per heavy atom. The first-order chi connectivity index (χ1) is 17.6. The number of ether oxygens (including phenoxy) is 2. The van der Waals surface area contributed by atoms with Crippen molar-refractivity contribution in [2.24, 2.45) is 4.99 Å². The highest BCUT2D eigenvalue weighted by atomic mass is 16.6. The van der Waals surface area contributed by atoms with Gasteiger partial charge in [0.05, 0.1) is 13.2 Å². The molecule has 0 bridgehead atoms. The molecule has 4 rings (SSSR count). The van der Waals surface area contributed by atoms with Crippen LogP contribution in [0.3, 0.4) is 0 Å². The van der Waals surface area contributed by atoms with E-state index in [-0.39, 0.29) is 6.09 Å². The molecule has 0 unspecified atom stereocenters. The molecule has 1 aromatic heterocycles. The molecule has 2 aliphatic rings. The molecule has 2 N–H and O–H groups in total. The number of aromatic nitrogens is 2. The monoisotopic (exact) mass is 508 g/mol. The van der Waals surface area contributed by atoms with Crippen molar-refractivity contribution in [3.63, 3.8) is 0 Å². The zero-order valence-electron chi connectivity index (χ0n) is 22.8. The smallest absolute Gasteiger partial charge is 0.410 e. The van der Waals surface area contributed by atoms with Crippen LogP contribution in [0.1, 0.15) is 69.0 Å². The van der Waals surface area contributed by atoms with Crippen LogP contribution < -0.4 is 10.6 Å². The summed E-state index contributed by atoms with van der Waals surface area (Å²) in [6.07, 6.45) is 4.07. The Hall–Kier alpha value is -3.20. The molecule has 1 aromatic carbocycles. The summed E-state index contributed by atoms with van der Waals surface area (Å²) < 4.78 is 11.0. The van der Waals surface area contributed by atoms with Gasteiger partial charge in [-0.1, -0.05) is 6.92 Å². The lowest BCUT2D eigenvalue weighted by atomic mass is 9.86. The third kappa shape index (κ3) is 6.97. The normalized spacial score (nSPS) is 17.4. The largest absolute Gasteiger partial charge is 0.444 e. The summed E-state index contributed by atoms with van der Waals surface area (Å²) in [5.41, 5.74) is 9.98. The highest BCUT2D eigenvalue weighted by Crippen LogP contribution is 2.33. The lowest BCUT2D eigenvalue weighted by Crippen LogP contribution is -2.41. The molecule has 200 valence electrons. The number of hydrogen-bond acceptors (Lipinski definition) is 8. The zero-order valence-corrected chi connectivity index (χ0v) is 22.8. The standard InChI is InChI=1S/C28H40N6O3/c1-6-24-31-25(17-26(32-24)33-11-13-36-14-12-33)30-18-21-15-19(2)22(16-23(21)29)20-7-9-34(10-8-20)27(35)37-28(3,4)5/h15-18,20H,6-14,29H2,1-5H3. The van der Waals surface area contributed by atoms with Crippen LogP contribution in [0, 0.1) is 6.92 Å². The van der Waals surface area contributed by atoms with Crippen LogP contribution in [0.15, 0.2) is 23.2 Å². The molecular formula is C28H40N6O3. The predicted molar refractivity (Wildman–Crippen MR) is 147 cm³/mol. The molecule has 3 heterocycles. The molecule has 2 aromatic rings. The van der Waals surface area contributed by atoms with Gasteiger partial charge < -0.3 is 25.0 Å². The van der Waals surface area contributed by atoms with Gasteiger partial charge in [0.2, 0.25) is 0 Å². The maximum atomic E-state index is 12.4. The van der Waals surface area contributed by atoms with Crippen molar-refractivity contribution < 1.29 is 14.3 Å². The first kappa shape index (κ1) is 26.9. The van der Waals surface area contributed by atoms with Crippen molar-refractivity contribution in [1.29, 1.82) is 0 Å². The Balaban J connectivity index is 1.46. The van der Waals surface area contributed by atoms with E-state index in [1.54, 1.807) is 11.1 Å². The number of aryl methyl sites for hydroxylation is 2. The predicted octanol–water partition coefficient (Wildman–Crippen LogP) is 4.63. The molecule has 0 spiro atoms. The number of piperidine rings is 1. The number of nitrogens with zero attached hydrogens (tertiary/aromatic N) is 5. The molecule has 0 radical (unpaired) electrons. The Labute approximate surface area is 220 Å². The second-order valence-electron chi connectivity index (χ2n) is 10.8. The van der Waals surface area contributed by atoms with Crippen molar-refractivity contribution in [2.45, 2.75) is 65.4 Å². The fraction of sp³-hybridized carbons (Fsp3) is 0.571. The SMILES string of the molecule is CCc1nc(N=Cc2cc(C)c(C3CCN(C(=O)OC(C)(C)C)CC3)cc2N)cc(N2CCOCC2)n1. The molecule has 0 saturated carbocycles. The average Bonchev–Trinajstić information content (AvgIpc) is 2.88. The van der Waals surface area contributed by atoms with Crippen LogP contribution in [0.2, 0.25) is 0 Å². The van der Waals surface area contributed by atoms with Gasteiger partial charge in [0, 0.05) is 56.1 Å². The van der Waals surface area contributed by atoms with Gasteiger partial charge in [-0.3, -0.25) is 0 Å². The maximum absolute atomic E-state index is 12.4. The molecule has 0 atom stereocenters. The number of amides is 1. The van der Waals surface area contributed by atoms with E-state index < -0.39 is 5.60 Å². The van der Waals surface area contributed by atoms with Crippen molar-refractivity contribution in [1.82, 2.24) is 14.9 Å². The highest BCUT2D eigenvalue weighted by Gasteiger charge is 2.28. The number of benzene rings is 1. The van der Waals surface area contributed by atoms with E-state index in [0.29, 0.717) is 43.7 Å². The number of carbonyl (C=O) groups is 1. The van der Waals surface area contributed by atoms with Crippen molar-refractivity contribution in [3.8, 4) is 0 Å². The van der Waals surface area contributed by atoms with E-state index in [0.717, 1.165) is 49.6 Å². The number of morpholine rings is 1. The van der Waals surface area contributed by atoms with Crippen molar-refractivity contribution >= 4 is 29.6 Å². The van der Waals surface area contributed by atoms with Gasteiger partial charge in [0.25, 0.3) is 0 Å². The van der Waals surface area contributed by atoms with Gasteiger partial charge in [-0.05, 0) is 69.7 Å². The topological polar surface area (TPSA) is 106 Å². The molecule has 2 aliphatic heterocycles. The highest BCUT2D eigenvalue weighted by molar-refractivity contribution is 5.89. The summed E-state index contributed by atoms with van der Waals surface area (Å²) in [6, 6.07) is 6.09. The van der Waals surface area contributed by atoms with Crippen LogP contribution in [-0.4, -0.2) is 72.2 Å². The van der Waals surface area contributed by atoms with E-state index in [4.69, 9.17) is 15.2 Å². The number of anilines is 2. The van der Waals surface area contributed by atoms with Crippen LogP contribution in [0.4, 0.5) is 22.1 Å². The van der Waals surface area contributed by atoms with Crippen LogP contribution >= 0.6 is 0 Å². The molecule has 1 amide bonds. The van der Waals surface area contributed by atoms with E-state index in [1.807, 2.05) is 33.8 Å². The van der Waals surface area contributed by atoms with Crippen LogP contribution in [-0.2, 0) is 15.9 Å². The Kier molecular flexibility index (Phi) is 8.32. The van der Waals surface area contributed by atoms with Crippen LogP contribution in [0.5, 0.6) is 0 Å². The summed E-state index contributed by atoms with van der Waals surface area (Å²) in [6.45, 7) is 14.2. The van der Waals surface area contributed by atoms with E-state index in [1.165, 1.54) is 11.1 Å². The number of nitrogen functional groups attached to an aromatic ring is 1. The summed E-state index contributed by atoms with van der Waals surface area (Å²) in [5, 5.41) is 0. The number of nitrogens with two attached hydrogens (primary N) is 1.